The van der Waals surface area contributed by atoms with Crippen molar-refractivity contribution in [2.75, 3.05) is 0 Å². The van der Waals surface area contributed by atoms with Gasteiger partial charge in [-0.25, -0.2) is 0 Å². The van der Waals surface area contributed by atoms with E-state index in [0.717, 1.165) is 18.4 Å². The zero-order valence-corrected chi connectivity index (χ0v) is 11.2. The summed E-state index contributed by atoms with van der Waals surface area (Å²) >= 11 is 0. The highest BCUT2D eigenvalue weighted by Crippen LogP contribution is 2.18. The molecule has 2 heteroatoms. The minimum atomic E-state index is -0.307. The molecule has 0 radical (unpaired) electrons. The number of hydrogen-bond donors (Lipinski definition) is 2. The Morgan fingerprint density at radius 3 is 1.44 bits per heavy atom. The van der Waals surface area contributed by atoms with E-state index in [1.54, 1.807) is 0 Å². The summed E-state index contributed by atoms with van der Waals surface area (Å²) in [5, 5.41) is 19.5. The molecule has 0 spiro atoms. The van der Waals surface area contributed by atoms with Gasteiger partial charge in [0.1, 0.15) is 0 Å². The quantitative estimate of drug-likeness (QED) is 0.627. The lowest BCUT2D eigenvalue weighted by atomic mass is 9.95. The Morgan fingerprint density at radius 1 is 0.875 bits per heavy atom. The number of aliphatic hydroxyl groups is 2. The van der Waals surface area contributed by atoms with Crippen molar-refractivity contribution in [2.24, 2.45) is 11.8 Å². The number of aliphatic hydroxyl groups excluding tert-OH is 2. The third-order valence-electron chi connectivity index (χ3n) is 2.54. The van der Waals surface area contributed by atoms with Crippen molar-refractivity contribution < 1.29 is 10.2 Å². The highest BCUT2D eigenvalue weighted by Gasteiger charge is 2.12. The van der Waals surface area contributed by atoms with Crippen LogP contribution >= 0.6 is 0 Å². The maximum absolute atomic E-state index is 9.74. The molecule has 0 aliphatic rings. The van der Waals surface area contributed by atoms with Gasteiger partial charge < -0.3 is 10.2 Å². The fourth-order valence-corrected chi connectivity index (χ4v) is 2.00. The van der Waals surface area contributed by atoms with E-state index in [1.165, 1.54) is 0 Å². The minimum absolute atomic E-state index is 0.307. The van der Waals surface area contributed by atoms with Crippen molar-refractivity contribution in [1.29, 1.82) is 0 Å². The largest absolute Gasteiger partial charge is 0.393 e. The van der Waals surface area contributed by atoms with Gasteiger partial charge in [0.2, 0.25) is 0 Å². The van der Waals surface area contributed by atoms with Crippen molar-refractivity contribution in [1.82, 2.24) is 0 Å². The SMILES string of the molecule is C=C(C[C@@H](O)CC(C)C)C[C@@H](O)CC(C)C. The molecule has 2 nitrogen and oxygen atoms in total. The summed E-state index contributed by atoms with van der Waals surface area (Å²) in [5.74, 6) is 1.01. The van der Waals surface area contributed by atoms with Crippen molar-refractivity contribution in [3.05, 3.63) is 12.2 Å². The second-order valence-electron chi connectivity index (χ2n) is 5.72. The van der Waals surface area contributed by atoms with Crippen LogP contribution in [0.15, 0.2) is 12.2 Å². The van der Waals surface area contributed by atoms with Gasteiger partial charge in [-0.3, -0.25) is 0 Å². The fraction of sp³-hybridized carbons (Fsp3) is 0.857. The predicted molar refractivity (Wildman–Crippen MR) is 69.3 cm³/mol. The second kappa shape index (κ2) is 7.86. The van der Waals surface area contributed by atoms with E-state index in [-0.39, 0.29) is 12.2 Å². The highest BCUT2D eigenvalue weighted by molar-refractivity contribution is 4.98. The molecule has 96 valence electrons. The number of hydrogen-bond acceptors (Lipinski definition) is 2. The summed E-state index contributed by atoms with van der Waals surface area (Å²) in [6, 6.07) is 0. The second-order valence-corrected chi connectivity index (χ2v) is 5.72. The lowest BCUT2D eigenvalue weighted by Crippen LogP contribution is -2.15. The molecule has 0 aromatic heterocycles. The maximum Gasteiger partial charge on any atom is 0.0579 e. The van der Waals surface area contributed by atoms with Crippen LogP contribution in [0.4, 0.5) is 0 Å². The van der Waals surface area contributed by atoms with E-state index in [0.29, 0.717) is 24.7 Å². The Hall–Kier alpha value is -0.340. The average Bonchev–Trinajstić information content (AvgIpc) is 1.97. The van der Waals surface area contributed by atoms with Gasteiger partial charge >= 0.3 is 0 Å². The van der Waals surface area contributed by atoms with Crippen LogP contribution in [-0.2, 0) is 0 Å². The summed E-state index contributed by atoms with van der Waals surface area (Å²) in [7, 11) is 0. The first-order valence-corrected chi connectivity index (χ1v) is 6.34. The van der Waals surface area contributed by atoms with Crippen LogP contribution in [0.25, 0.3) is 0 Å². The summed E-state index contributed by atoms with van der Waals surface area (Å²) in [6.45, 7) is 12.3. The zero-order chi connectivity index (χ0) is 12.7. The first kappa shape index (κ1) is 15.7. The van der Waals surface area contributed by atoms with Crippen LogP contribution in [0.5, 0.6) is 0 Å². The molecule has 0 fully saturated rings. The van der Waals surface area contributed by atoms with E-state index in [2.05, 4.69) is 34.3 Å². The molecule has 0 aliphatic carbocycles. The lowest BCUT2D eigenvalue weighted by Gasteiger charge is -2.18. The van der Waals surface area contributed by atoms with Gasteiger partial charge in [0.25, 0.3) is 0 Å². The van der Waals surface area contributed by atoms with Crippen LogP contribution in [0.3, 0.4) is 0 Å². The molecular weight excluding hydrogens is 200 g/mol. The molecule has 0 unspecified atom stereocenters. The first-order chi connectivity index (χ1) is 7.31. The lowest BCUT2D eigenvalue weighted by molar-refractivity contribution is 0.131. The van der Waals surface area contributed by atoms with E-state index < -0.39 is 0 Å². The van der Waals surface area contributed by atoms with Gasteiger partial charge in [0.05, 0.1) is 12.2 Å². The topological polar surface area (TPSA) is 40.5 Å². The van der Waals surface area contributed by atoms with Crippen molar-refractivity contribution in [3.63, 3.8) is 0 Å². The molecule has 0 saturated heterocycles. The van der Waals surface area contributed by atoms with Crippen LogP contribution in [-0.4, -0.2) is 22.4 Å². The third-order valence-corrected chi connectivity index (χ3v) is 2.54. The van der Waals surface area contributed by atoms with Gasteiger partial charge in [0, 0.05) is 0 Å². The molecule has 0 aromatic rings. The molecule has 0 amide bonds. The molecule has 16 heavy (non-hydrogen) atoms. The summed E-state index contributed by atoms with van der Waals surface area (Å²) in [5.41, 5.74) is 0.960. The molecular formula is C14H28O2. The van der Waals surface area contributed by atoms with Crippen LogP contribution in [0, 0.1) is 11.8 Å². The number of rotatable bonds is 8. The molecule has 0 rings (SSSR count). The maximum atomic E-state index is 9.74. The van der Waals surface area contributed by atoms with E-state index >= 15 is 0 Å². The smallest absolute Gasteiger partial charge is 0.0579 e. The van der Waals surface area contributed by atoms with Crippen molar-refractivity contribution >= 4 is 0 Å². The monoisotopic (exact) mass is 228 g/mol. The molecule has 2 N–H and O–H groups in total. The summed E-state index contributed by atoms with van der Waals surface area (Å²) in [4.78, 5) is 0. The average molecular weight is 228 g/mol. The van der Waals surface area contributed by atoms with Crippen LogP contribution in [0.2, 0.25) is 0 Å². The molecule has 2 atom stereocenters. The Morgan fingerprint density at radius 2 is 1.19 bits per heavy atom. The third kappa shape index (κ3) is 8.93. The molecule has 0 aromatic carbocycles. The Bertz CT molecular complexity index is 177. The van der Waals surface area contributed by atoms with Crippen LogP contribution < -0.4 is 0 Å². The predicted octanol–water partition coefficient (Wildman–Crippen LogP) is 3.14. The van der Waals surface area contributed by atoms with E-state index in [4.69, 9.17) is 0 Å². The van der Waals surface area contributed by atoms with Gasteiger partial charge in [-0.15, -0.1) is 0 Å². The van der Waals surface area contributed by atoms with Crippen molar-refractivity contribution in [2.45, 2.75) is 65.6 Å². The molecule has 0 saturated carbocycles. The van der Waals surface area contributed by atoms with E-state index in [9.17, 15) is 10.2 Å². The molecule has 0 bridgehead atoms. The summed E-state index contributed by atoms with van der Waals surface area (Å²) < 4.78 is 0. The zero-order valence-electron chi connectivity index (χ0n) is 11.2. The molecule has 0 aliphatic heterocycles. The summed E-state index contributed by atoms with van der Waals surface area (Å²) in [6.07, 6.45) is 2.23. The Kier molecular flexibility index (Phi) is 7.69. The van der Waals surface area contributed by atoms with Gasteiger partial charge in [-0.2, -0.15) is 0 Å². The van der Waals surface area contributed by atoms with E-state index in [1.807, 2.05) is 0 Å². The Balaban J connectivity index is 3.80. The highest BCUT2D eigenvalue weighted by atomic mass is 16.3. The fourth-order valence-electron chi connectivity index (χ4n) is 2.00. The van der Waals surface area contributed by atoms with Gasteiger partial charge in [-0.1, -0.05) is 39.8 Å². The Labute approximate surface area is 100 Å². The normalized spacial score (nSPS) is 15.5. The van der Waals surface area contributed by atoms with Crippen molar-refractivity contribution in [3.8, 4) is 0 Å². The van der Waals surface area contributed by atoms with Gasteiger partial charge in [-0.05, 0) is 37.5 Å². The first-order valence-electron chi connectivity index (χ1n) is 6.34. The standard InChI is InChI=1S/C14H28O2/c1-10(2)6-13(15)8-12(5)9-14(16)7-11(3)4/h10-11,13-16H,5-9H2,1-4H3/t13-,14-/m0/s1. The molecule has 0 heterocycles. The van der Waals surface area contributed by atoms with Crippen LogP contribution in [0.1, 0.15) is 53.4 Å². The van der Waals surface area contributed by atoms with Gasteiger partial charge in [0.15, 0.2) is 0 Å². The minimum Gasteiger partial charge on any atom is -0.393 e.